The number of rotatable bonds is 6. The molecule has 0 unspecified atom stereocenters. The number of benzene rings is 2. The van der Waals surface area contributed by atoms with Crippen molar-refractivity contribution in [2.45, 2.75) is 24.7 Å². The summed E-state index contributed by atoms with van der Waals surface area (Å²) >= 11 is 12.3. The van der Waals surface area contributed by atoms with Crippen molar-refractivity contribution >= 4 is 23.2 Å². The third-order valence-electron chi connectivity index (χ3n) is 4.87. The summed E-state index contributed by atoms with van der Waals surface area (Å²) in [6.45, 7) is 3.48. The van der Waals surface area contributed by atoms with Crippen molar-refractivity contribution in [2.24, 2.45) is 0 Å². The van der Waals surface area contributed by atoms with Crippen LogP contribution in [0.4, 0.5) is 0 Å². The molecule has 3 rings (SSSR count). The quantitative estimate of drug-likeness (QED) is 0.738. The first-order valence-corrected chi connectivity index (χ1v) is 9.24. The number of nitrogens with one attached hydrogen (secondary N) is 1. The van der Waals surface area contributed by atoms with E-state index in [4.69, 9.17) is 27.9 Å². The fourth-order valence-electron chi connectivity index (χ4n) is 3.40. The molecule has 1 N–H and O–H groups in total. The van der Waals surface area contributed by atoms with Crippen LogP contribution in [0.5, 0.6) is 0 Å². The van der Waals surface area contributed by atoms with E-state index in [0.717, 1.165) is 44.5 Å². The predicted molar refractivity (Wildman–Crippen MR) is 101 cm³/mol. The largest absolute Gasteiger partial charge is 0.380 e. The Hall–Kier alpha value is -1.06. The lowest BCUT2D eigenvalue weighted by Crippen LogP contribution is -2.43. The Bertz CT molecular complexity index is 654. The highest BCUT2D eigenvalue weighted by molar-refractivity contribution is 6.42. The van der Waals surface area contributed by atoms with E-state index in [-0.39, 0.29) is 5.41 Å². The van der Waals surface area contributed by atoms with Crippen LogP contribution in [-0.2, 0) is 16.6 Å². The topological polar surface area (TPSA) is 21.3 Å². The molecule has 0 aliphatic carbocycles. The Balaban J connectivity index is 1.61. The van der Waals surface area contributed by atoms with E-state index in [9.17, 15) is 0 Å². The van der Waals surface area contributed by atoms with Crippen LogP contribution in [-0.4, -0.2) is 26.3 Å². The molecule has 0 radical (unpaired) electrons. The SMILES string of the molecule is Clc1cccc(CCOCC2(c3ccccc3)CCNCC2)c1Cl. The van der Waals surface area contributed by atoms with Crippen molar-refractivity contribution in [1.82, 2.24) is 5.32 Å². The van der Waals surface area contributed by atoms with Crippen molar-refractivity contribution in [3.63, 3.8) is 0 Å². The summed E-state index contributed by atoms with van der Waals surface area (Å²) in [5.74, 6) is 0. The minimum absolute atomic E-state index is 0.116. The van der Waals surface area contributed by atoms with Gasteiger partial charge in [0.05, 0.1) is 23.3 Å². The van der Waals surface area contributed by atoms with E-state index in [1.807, 2.05) is 18.2 Å². The van der Waals surface area contributed by atoms with Crippen molar-refractivity contribution in [2.75, 3.05) is 26.3 Å². The summed E-state index contributed by atoms with van der Waals surface area (Å²) in [5, 5.41) is 4.70. The van der Waals surface area contributed by atoms with Crippen LogP contribution >= 0.6 is 23.2 Å². The first-order valence-electron chi connectivity index (χ1n) is 8.48. The van der Waals surface area contributed by atoms with Gasteiger partial charge in [-0.05, 0) is 49.5 Å². The molecule has 4 heteroatoms. The van der Waals surface area contributed by atoms with Crippen LogP contribution in [0.25, 0.3) is 0 Å². The molecule has 1 aliphatic rings. The summed E-state index contributed by atoms with van der Waals surface area (Å²) in [4.78, 5) is 0. The van der Waals surface area contributed by atoms with Crippen LogP contribution in [0, 0.1) is 0 Å². The van der Waals surface area contributed by atoms with E-state index in [2.05, 4.69) is 35.6 Å². The Morgan fingerprint density at radius 2 is 1.71 bits per heavy atom. The van der Waals surface area contributed by atoms with Crippen LogP contribution in [0.15, 0.2) is 48.5 Å². The highest BCUT2D eigenvalue weighted by atomic mass is 35.5. The van der Waals surface area contributed by atoms with Gasteiger partial charge in [0.2, 0.25) is 0 Å². The summed E-state index contributed by atoms with van der Waals surface area (Å²) in [7, 11) is 0. The molecule has 0 saturated carbocycles. The molecule has 2 aromatic carbocycles. The lowest BCUT2D eigenvalue weighted by molar-refractivity contribution is 0.0690. The van der Waals surface area contributed by atoms with Gasteiger partial charge < -0.3 is 10.1 Å². The molecule has 24 heavy (non-hydrogen) atoms. The molecule has 0 bridgehead atoms. The summed E-state index contributed by atoms with van der Waals surface area (Å²) in [6.07, 6.45) is 2.99. The van der Waals surface area contributed by atoms with E-state index in [0.29, 0.717) is 16.7 Å². The molecule has 1 fully saturated rings. The summed E-state index contributed by atoms with van der Waals surface area (Å²) in [5.41, 5.74) is 2.54. The number of piperidine rings is 1. The average Bonchev–Trinajstić information content (AvgIpc) is 2.64. The van der Waals surface area contributed by atoms with Crippen molar-refractivity contribution in [3.8, 4) is 0 Å². The van der Waals surface area contributed by atoms with Gasteiger partial charge in [-0.25, -0.2) is 0 Å². The van der Waals surface area contributed by atoms with Crippen molar-refractivity contribution < 1.29 is 4.74 Å². The van der Waals surface area contributed by atoms with E-state index in [1.54, 1.807) is 0 Å². The number of halogens is 2. The Morgan fingerprint density at radius 1 is 0.958 bits per heavy atom. The molecule has 1 saturated heterocycles. The molecular formula is C20H23Cl2NO. The number of ether oxygens (including phenoxy) is 1. The molecule has 1 aliphatic heterocycles. The van der Waals surface area contributed by atoms with Gasteiger partial charge in [-0.2, -0.15) is 0 Å². The van der Waals surface area contributed by atoms with E-state index in [1.165, 1.54) is 5.56 Å². The van der Waals surface area contributed by atoms with Crippen molar-refractivity contribution in [1.29, 1.82) is 0 Å². The van der Waals surface area contributed by atoms with Crippen LogP contribution in [0.2, 0.25) is 10.0 Å². The monoisotopic (exact) mass is 363 g/mol. The lowest BCUT2D eigenvalue weighted by atomic mass is 9.74. The Morgan fingerprint density at radius 3 is 2.46 bits per heavy atom. The standard InChI is InChI=1S/C20H23Cl2NO/c21-18-8-4-5-16(19(18)22)9-14-24-15-20(10-12-23-13-11-20)17-6-2-1-3-7-17/h1-8,23H,9-15H2. The third-order valence-corrected chi connectivity index (χ3v) is 5.73. The average molecular weight is 364 g/mol. The van der Waals surface area contributed by atoms with Gasteiger partial charge in [0.15, 0.2) is 0 Å². The smallest absolute Gasteiger partial charge is 0.0625 e. The van der Waals surface area contributed by atoms with E-state index < -0.39 is 0 Å². The van der Waals surface area contributed by atoms with Gasteiger partial charge in [0, 0.05) is 5.41 Å². The predicted octanol–water partition coefficient (Wildman–Crippen LogP) is 4.87. The molecule has 1 heterocycles. The van der Waals surface area contributed by atoms with Gasteiger partial charge in [0.1, 0.15) is 0 Å². The Labute approximate surface area is 154 Å². The highest BCUT2D eigenvalue weighted by Crippen LogP contribution is 2.34. The van der Waals surface area contributed by atoms with Crippen LogP contribution < -0.4 is 5.32 Å². The zero-order chi connectivity index (χ0) is 16.8. The van der Waals surface area contributed by atoms with Crippen molar-refractivity contribution in [3.05, 3.63) is 69.7 Å². The second kappa shape index (κ2) is 8.35. The minimum Gasteiger partial charge on any atom is -0.380 e. The van der Waals surface area contributed by atoms with E-state index >= 15 is 0 Å². The zero-order valence-corrected chi connectivity index (χ0v) is 15.2. The normalized spacial score (nSPS) is 16.9. The van der Waals surface area contributed by atoms with Gasteiger partial charge in [-0.1, -0.05) is 65.7 Å². The third kappa shape index (κ3) is 4.12. The van der Waals surface area contributed by atoms with Crippen LogP contribution in [0.3, 0.4) is 0 Å². The first-order chi connectivity index (χ1) is 11.7. The van der Waals surface area contributed by atoms with Gasteiger partial charge >= 0.3 is 0 Å². The fourth-order valence-corrected chi connectivity index (χ4v) is 3.82. The first kappa shape index (κ1) is 17.8. The maximum absolute atomic E-state index is 6.25. The molecule has 2 aromatic rings. The highest BCUT2D eigenvalue weighted by Gasteiger charge is 2.33. The molecule has 2 nitrogen and oxygen atoms in total. The number of hydrogen-bond acceptors (Lipinski definition) is 2. The molecule has 128 valence electrons. The van der Waals surface area contributed by atoms with Gasteiger partial charge in [-0.3, -0.25) is 0 Å². The number of hydrogen-bond donors (Lipinski definition) is 1. The second-order valence-electron chi connectivity index (χ2n) is 6.41. The molecular weight excluding hydrogens is 341 g/mol. The maximum atomic E-state index is 6.25. The lowest BCUT2D eigenvalue weighted by Gasteiger charge is -2.38. The zero-order valence-electron chi connectivity index (χ0n) is 13.7. The summed E-state index contributed by atoms with van der Waals surface area (Å²) < 4.78 is 6.10. The van der Waals surface area contributed by atoms with Gasteiger partial charge in [0.25, 0.3) is 0 Å². The molecule has 0 atom stereocenters. The Kier molecular flexibility index (Phi) is 6.18. The molecule has 0 amide bonds. The van der Waals surface area contributed by atoms with Gasteiger partial charge in [-0.15, -0.1) is 0 Å². The minimum atomic E-state index is 0.116. The summed E-state index contributed by atoms with van der Waals surface area (Å²) in [6, 6.07) is 16.5. The van der Waals surface area contributed by atoms with Crippen LogP contribution in [0.1, 0.15) is 24.0 Å². The fraction of sp³-hybridized carbons (Fsp3) is 0.400. The maximum Gasteiger partial charge on any atom is 0.0625 e. The second-order valence-corrected chi connectivity index (χ2v) is 7.20. The molecule has 0 aromatic heterocycles. The molecule has 0 spiro atoms.